The van der Waals surface area contributed by atoms with Crippen molar-refractivity contribution in [3.8, 4) is 0 Å². The second-order valence-corrected chi connectivity index (χ2v) is 15.3. The van der Waals surface area contributed by atoms with Gasteiger partial charge in [-0.3, -0.25) is 26.6 Å². The molecule has 0 spiro atoms. The van der Waals surface area contributed by atoms with E-state index in [1.54, 1.807) is 0 Å². The first-order valence-corrected chi connectivity index (χ1v) is 16.0. The maximum Gasteiger partial charge on any atom is 0.115 e. The van der Waals surface area contributed by atoms with E-state index in [1.807, 2.05) is 14.2 Å². The monoisotopic (exact) mass is 568 g/mol. The lowest BCUT2D eigenvalue weighted by molar-refractivity contribution is -0.273. The van der Waals surface area contributed by atoms with Crippen LogP contribution in [0, 0.1) is 11.8 Å². The molecule has 5 N–H and O–H groups in total. The van der Waals surface area contributed by atoms with Gasteiger partial charge >= 0.3 is 0 Å². The Hall–Kier alpha value is -0.360. The first kappa shape index (κ1) is 34.1. The van der Waals surface area contributed by atoms with Gasteiger partial charge in [-0.2, -0.15) is 10.1 Å². The largest absolute Gasteiger partial charge is 0.301 e. The Morgan fingerprint density at radius 2 is 0.975 bits per heavy atom. The third-order valence-corrected chi connectivity index (χ3v) is 9.66. The summed E-state index contributed by atoms with van der Waals surface area (Å²) in [6.07, 6.45) is 9.20. The molecular formula is C31H65N7O2. The summed E-state index contributed by atoms with van der Waals surface area (Å²) >= 11 is 0. The smallest absolute Gasteiger partial charge is 0.115 e. The van der Waals surface area contributed by atoms with Crippen molar-refractivity contribution in [3.05, 3.63) is 0 Å². The van der Waals surface area contributed by atoms with E-state index in [2.05, 4.69) is 106 Å². The fourth-order valence-corrected chi connectivity index (χ4v) is 8.96. The summed E-state index contributed by atoms with van der Waals surface area (Å²) in [5.41, 5.74) is -0.0507. The Bertz CT molecular complexity index is 692. The topological polar surface area (TPSA) is 85.1 Å². The van der Waals surface area contributed by atoms with Gasteiger partial charge in [0.2, 0.25) is 0 Å². The lowest BCUT2D eigenvalue weighted by Gasteiger charge is -2.55. The highest BCUT2D eigenvalue weighted by Crippen LogP contribution is 2.44. The van der Waals surface area contributed by atoms with Crippen molar-refractivity contribution in [1.29, 1.82) is 0 Å². The minimum atomic E-state index is -0.0127. The van der Waals surface area contributed by atoms with Gasteiger partial charge in [0.25, 0.3) is 0 Å². The van der Waals surface area contributed by atoms with E-state index >= 15 is 0 Å². The van der Waals surface area contributed by atoms with Crippen LogP contribution in [-0.4, -0.2) is 77.8 Å². The number of hydroxylamine groups is 4. The second kappa shape index (κ2) is 13.5. The summed E-state index contributed by atoms with van der Waals surface area (Å²) in [7, 11) is 3.63. The van der Waals surface area contributed by atoms with Crippen LogP contribution in [0.3, 0.4) is 0 Å². The predicted molar refractivity (Wildman–Crippen MR) is 165 cm³/mol. The van der Waals surface area contributed by atoms with Gasteiger partial charge in [-0.1, -0.05) is 26.7 Å². The summed E-state index contributed by atoms with van der Waals surface area (Å²) in [5, 5.41) is 23.5. The molecule has 3 rings (SSSR count). The molecule has 236 valence electrons. The van der Waals surface area contributed by atoms with Crippen molar-refractivity contribution in [2.45, 2.75) is 167 Å². The van der Waals surface area contributed by atoms with Crippen molar-refractivity contribution < 1.29 is 9.68 Å². The molecular weight excluding hydrogens is 502 g/mol. The van der Waals surface area contributed by atoms with Crippen molar-refractivity contribution in [1.82, 2.24) is 36.7 Å². The Morgan fingerprint density at radius 1 is 0.650 bits per heavy atom. The van der Waals surface area contributed by atoms with Crippen molar-refractivity contribution in [2.75, 3.05) is 20.9 Å². The minimum Gasteiger partial charge on any atom is -0.301 e. The molecule has 0 aliphatic carbocycles. The van der Waals surface area contributed by atoms with E-state index < -0.39 is 0 Å². The number of hydrogen-bond acceptors (Lipinski definition) is 9. The maximum absolute atomic E-state index is 5.88. The summed E-state index contributed by atoms with van der Waals surface area (Å²) in [6.45, 7) is 23.9. The highest BCUT2D eigenvalue weighted by atomic mass is 16.7. The Kier molecular flexibility index (Phi) is 11.5. The van der Waals surface area contributed by atoms with Crippen molar-refractivity contribution >= 4 is 0 Å². The van der Waals surface area contributed by atoms with Crippen LogP contribution >= 0.6 is 0 Å². The number of nitrogens with zero attached hydrogens (tertiary/aromatic N) is 2. The molecule has 0 amide bonds. The van der Waals surface area contributed by atoms with Gasteiger partial charge in [-0.05, 0) is 106 Å². The number of nitrogens with one attached hydrogen (secondary N) is 5. The average molecular weight is 568 g/mol. The van der Waals surface area contributed by atoms with Crippen LogP contribution in [-0.2, 0) is 9.68 Å². The second-order valence-electron chi connectivity index (χ2n) is 15.3. The summed E-state index contributed by atoms with van der Waals surface area (Å²) in [4.78, 5) is 11.8. The normalized spacial score (nSPS) is 31.2. The molecule has 40 heavy (non-hydrogen) atoms. The zero-order chi connectivity index (χ0) is 29.9. The quantitative estimate of drug-likeness (QED) is 0.235. The van der Waals surface area contributed by atoms with Gasteiger partial charge in [-0.15, -0.1) is 0 Å². The third-order valence-electron chi connectivity index (χ3n) is 9.66. The lowest BCUT2D eigenvalue weighted by atomic mass is 9.71. The van der Waals surface area contributed by atoms with E-state index in [-0.39, 0.29) is 34.7 Å². The third kappa shape index (κ3) is 7.97. The number of hydrogen-bond donors (Lipinski definition) is 5. The molecule has 0 aromatic heterocycles. The predicted octanol–water partition coefficient (Wildman–Crippen LogP) is 4.47. The summed E-state index contributed by atoms with van der Waals surface area (Å²) in [5.74, 6) is 1.15. The zero-order valence-electron chi connectivity index (χ0n) is 28.0. The molecule has 4 unspecified atom stereocenters. The minimum absolute atomic E-state index is 0.0127. The van der Waals surface area contributed by atoms with E-state index in [9.17, 15) is 0 Å². The molecule has 0 saturated carbocycles. The van der Waals surface area contributed by atoms with Gasteiger partial charge in [0.15, 0.2) is 0 Å². The highest BCUT2D eigenvalue weighted by Gasteiger charge is 2.49. The molecule has 9 heteroatoms. The molecule has 9 nitrogen and oxygen atoms in total. The van der Waals surface area contributed by atoms with Crippen LogP contribution in [0.5, 0.6) is 0 Å². The Labute approximate surface area is 246 Å². The molecule has 0 bridgehead atoms. The van der Waals surface area contributed by atoms with Crippen LogP contribution in [0.4, 0.5) is 0 Å². The van der Waals surface area contributed by atoms with E-state index in [1.165, 1.54) is 12.8 Å². The van der Waals surface area contributed by atoms with Gasteiger partial charge in [0.05, 0.1) is 20.9 Å². The van der Waals surface area contributed by atoms with Gasteiger partial charge in [-0.25, -0.2) is 0 Å². The van der Waals surface area contributed by atoms with Gasteiger partial charge in [0.1, 0.15) is 12.6 Å². The van der Waals surface area contributed by atoms with Gasteiger partial charge in [0, 0.05) is 34.2 Å². The molecule has 0 aromatic rings. The molecule has 4 atom stereocenters. The summed E-state index contributed by atoms with van der Waals surface area (Å²) < 4.78 is 0. The van der Waals surface area contributed by atoms with Gasteiger partial charge < -0.3 is 9.68 Å². The van der Waals surface area contributed by atoms with Crippen molar-refractivity contribution in [3.63, 3.8) is 0 Å². The highest BCUT2D eigenvalue weighted by molar-refractivity contribution is 5.01. The maximum atomic E-state index is 5.88. The Balaban J connectivity index is 1.68. The molecule has 3 fully saturated rings. The van der Waals surface area contributed by atoms with Crippen LogP contribution in [0.2, 0.25) is 0 Å². The molecule has 3 aliphatic rings. The first-order chi connectivity index (χ1) is 18.6. The molecule has 3 saturated heterocycles. The first-order valence-electron chi connectivity index (χ1n) is 16.0. The fraction of sp³-hybridized carbons (Fsp3) is 1.00. The average Bonchev–Trinajstić information content (AvgIpc) is 2.81. The van der Waals surface area contributed by atoms with Crippen LogP contribution in [0.1, 0.15) is 121 Å². The van der Waals surface area contributed by atoms with Crippen molar-refractivity contribution in [2.24, 2.45) is 11.8 Å². The van der Waals surface area contributed by atoms with E-state index in [0.29, 0.717) is 23.9 Å². The van der Waals surface area contributed by atoms with Crippen LogP contribution in [0.15, 0.2) is 0 Å². The fourth-order valence-electron chi connectivity index (χ4n) is 8.96. The standard InChI is InChI=1S/C31H65N7O2/c1-13-15-24(22-17-28(3,4)37(39-11)29(5,6)18-22)34-26-32-21-33-27(36-26)35-25(16-14-2)23-19-30(7,8)38(40-12)31(9,10)20-23/h22-27,32-36H,13-21H2,1-12H3. The van der Waals surface area contributed by atoms with E-state index in [0.717, 1.165) is 45.2 Å². The summed E-state index contributed by atoms with van der Waals surface area (Å²) in [6, 6.07) is 0.857. The van der Waals surface area contributed by atoms with E-state index in [4.69, 9.17) is 9.68 Å². The van der Waals surface area contributed by atoms with Crippen LogP contribution in [0.25, 0.3) is 0 Å². The van der Waals surface area contributed by atoms with Crippen LogP contribution < -0.4 is 26.6 Å². The molecule has 0 aromatic carbocycles. The molecule has 0 radical (unpaired) electrons. The zero-order valence-corrected chi connectivity index (χ0v) is 28.0. The lowest BCUT2D eigenvalue weighted by Crippen LogP contribution is -2.74. The molecule has 3 aliphatic heterocycles. The SMILES string of the molecule is CCCC(NC1NCNC(NC(CCC)C2CC(C)(C)N(OC)C(C)(C)C2)N1)C1CC(C)(C)N(OC)C(C)(C)C1. The number of rotatable bonds is 12. The Morgan fingerprint density at radius 3 is 1.25 bits per heavy atom. The molecule has 3 heterocycles. The number of piperidine rings is 2.